The van der Waals surface area contributed by atoms with E-state index < -0.39 is 5.97 Å². The second-order valence-corrected chi connectivity index (χ2v) is 8.28. The van der Waals surface area contributed by atoms with E-state index in [1.807, 2.05) is 86.6 Å². The second kappa shape index (κ2) is 13.9. The largest absolute Gasteiger partial charge is 0.496 e. The summed E-state index contributed by atoms with van der Waals surface area (Å²) in [7, 11) is 1.65. The Labute approximate surface area is 218 Å². The molecule has 0 aliphatic carbocycles. The number of nitrogens with zero attached hydrogens (tertiary/aromatic N) is 1. The zero-order valence-electron chi connectivity index (χ0n) is 21.9. The smallest absolute Gasteiger partial charge is 0.303 e. The minimum Gasteiger partial charge on any atom is -0.496 e. The first kappa shape index (κ1) is 27.6. The van der Waals surface area contributed by atoms with Crippen LogP contribution in [0.3, 0.4) is 0 Å². The fourth-order valence-electron chi connectivity index (χ4n) is 4.22. The molecule has 3 aromatic carbocycles. The van der Waals surface area contributed by atoms with E-state index >= 15 is 0 Å². The Bertz CT molecular complexity index is 1160. The SMILES string of the molecule is CC.COc1ccccc1C(CCN(Cc1ccccc1)C(=O)COC(C)=O)c1ccc2c(c1)OCO2. The van der Waals surface area contributed by atoms with Crippen LogP contribution in [-0.4, -0.2) is 43.8 Å². The van der Waals surface area contributed by atoms with Crippen LogP contribution in [0.5, 0.6) is 17.2 Å². The van der Waals surface area contributed by atoms with Crippen molar-refractivity contribution in [3.05, 3.63) is 89.5 Å². The van der Waals surface area contributed by atoms with Crippen LogP contribution in [0.15, 0.2) is 72.8 Å². The van der Waals surface area contributed by atoms with Gasteiger partial charge in [-0.25, -0.2) is 0 Å². The lowest BCUT2D eigenvalue weighted by Crippen LogP contribution is -2.35. The Morgan fingerprint density at radius 3 is 2.38 bits per heavy atom. The Hall–Kier alpha value is -4.00. The number of rotatable bonds is 10. The van der Waals surface area contributed by atoms with Gasteiger partial charge in [-0.2, -0.15) is 0 Å². The molecule has 196 valence electrons. The molecule has 1 atom stereocenters. The monoisotopic (exact) mass is 505 g/mol. The molecule has 1 aliphatic heterocycles. The van der Waals surface area contributed by atoms with Crippen LogP contribution in [0, 0.1) is 0 Å². The summed E-state index contributed by atoms with van der Waals surface area (Å²) in [6.07, 6.45) is 0.624. The van der Waals surface area contributed by atoms with Crippen molar-refractivity contribution in [2.24, 2.45) is 0 Å². The Kier molecular flexibility index (Phi) is 10.4. The number of methoxy groups -OCH3 is 1. The molecule has 1 unspecified atom stereocenters. The molecule has 0 radical (unpaired) electrons. The molecule has 7 heteroatoms. The number of para-hydroxylation sites is 1. The van der Waals surface area contributed by atoms with Crippen LogP contribution in [-0.2, 0) is 20.9 Å². The molecule has 1 heterocycles. The molecule has 0 N–H and O–H groups in total. The van der Waals surface area contributed by atoms with E-state index in [0.29, 0.717) is 25.3 Å². The Morgan fingerprint density at radius 2 is 1.65 bits per heavy atom. The molecule has 3 aromatic rings. The van der Waals surface area contributed by atoms with E-state index in [1.165, 1.54) is 6.92 Å². The normalized spacial score (nSPS) is 12.1. The lowest BCUT2D eigenvalue weighted by Gasteiger charge is -2.27. The molecule has 0 fully saturated rings. The minimum atomic E-state index is -0.481. The fraction of sp³-hybridized carbons (Fsp3) is 0.333. The standard InChI is InChI=1S/C28H29NO6.C2H6/c1-20(30)33-18-28(31)29(17-21-8-4-3-5-9-21)15-14-23(24-10-6-7-11-25(24)32-2)22-12-13-26-27(16-22)35-19-34-26;1-2/h3-13,16,23H,14-15,17-19H2,1-2H3;1-2H3. The van der Waals surface area contributed by atoms with Gasteiger partial charge in [0.15, 0.2) is 18.1 Å². The maximum atomic E-state index is 13.0. The molecule has 1 aliphatic rings. The van der Waals surface area contributed by atoms with E-state index in [4.69, 9.17) is 18.9 Å². The third-order valence-corrected chi connectivity index (χ3v) is 5.97. The molecule has 1 amide bonds. The van der Waals surface area contributed by atoms with Gasteiger partial charge >= 0.3 is 5.97 Å². The van der Waals surface area contributed by atoms with E-state index in [1.54, 1.807) is 12.0 Å². The van der Waals surface area contributed by atoms with E-state index in [9.17, 15) is 9.59 Å². The summed E-state index contributed by atoms with van der Waals surface area (Å²) in [5.41, 5.74) is 3.05. The van der Waals surface area contributed by atoms with Gasteiger partial charge in [-0.1, -0.05) is 68.4 Å². The average molecular weight is 506 g/mol. The topological polar surface area (TPSA) is 74.3 Å². The van der Waals surface area contributed by atoms with Gasteiger partial charge in [0.05, 0.1) is 7.11 Å². The van der Waals surface area contributed by atoms with Gasteiger partial charge in [0.1, 0.15) is 5.75 Å². The number of hydrogen-bond donors (Lipinski definition) is 0. The highest BCUT2D eigenvalue weighted by molar-refractivity contribution is 5.80. The number of carbonyl (C=O) groups is 2. The molecule has 0 saturated carbocycles. The average Bonchev–Trinajstić information content (AvgIpc) is 3.41. The van der Waals surface area contributed by atoms with Crippen LogP contribution in [0.4, 0.5) is 0 Å². The van der Waals surface area contributed by atoms with Gasteiger partial charge < -0.3 is 23.8 Å². The first-order chi connectivity index (χ1) is 18.0. The van der Waals surface area contributed by atoms with Crippen LogP contribution in [0.2, 0.25) is 0 Å². The summed E-state index contributed by atoms with van der Waals surface area (Å²) < 4.78 is 21.8. The van der Waals surface area contributed by atoms with Gasteiger partial charge in [-0.15, -0.1) is 0 Å². The highest BCUT2D eigenvalue weighted by atomic mass is 16.7. The molecular weight excluding hydrogens is 470 g/mol. The molecule has 0 spiro atoms. The van der Waals surface area contributed by atoms with Crippen molar-refractivity contribution in [1.82, 2.24) is 4.90 Å². The zero-order chi connectivity index (χ0) is 26.6. The van der Waals surface area contributed by atoms with Crippen LogP contribution in [0.25, 0.3) is 0 Å². The van der Waals surface area contributed by atoms with E-state index in [0.717, 1.165) is 28.2 Å². The van der Waals surface area contributed by atoms with Gasteiger partial charge in [0, 0.05) is 31.5 Å². The number of hydrogen-bond acceptors (Lipinski definition) is 6. The minimum absolute atomic E-state index is 0.0690. The van der Waals surface area contributed by atoms with Crippen LogP contribution in [0.1, 0.15) is 49.8 Å². The summed E-state index contributed by atoms with van der Waals surface area (Å²) in [6, 6.07) is 23.6. The van der Waals surface area contributed by atoms with Gasteiger partial charge in [-0.05, 0) is 35.7 Å². The Balaban J connectivity index is 0.00000186. The quantitative estimate of drug-likeness (QED) is 0.336. The number of fused-ring (bicyclic) bond motifs is 1. The summed E-state index contributed by atoms with van der Waals surface area (Å²) in [4.78, 5) is 26.0. The third kappa shape index (κ3) is 7.49. The molecule has 0 aromatic heterocycles. The summed E-state index contributed by atoms with van der Waals surface area (Å²) in [5.74, 6) is 1.40. The van der Waals surface area contributed by atoms with Crippen molar-refractivity contribution in [2.75, 3.05) is 27.1 Å². The molecule has 0 saturated heterocycles. The van der Waals surface area contributed by atoms with E-state index in [2.05, 4.69) is 0 Å². The predicted octanol–water partition coefficient (Wildman–Crippen LogP) is 5.56. The van der Waals surface area contributed by atoms with E-state index in [-0.39, 0.29) is 25.2 Å². The highest BCUT2D eigenvalue weighted by Crippen LogP contribution is 2.40. The summed E-state index contributed by atoms with van der Waals surface area (Å²) in [5, 5.41) is 0. The second-order valence-electron chi connectivity index (χ2n) is 8.28. The number of benzene rings is 3. The summed E-state index contributed by atoms with van der Waals surface area (Å²) in [6.45, 7) is 6.08. The first-order valence-corrected chi connectivity index (χ1v) is 12.5. The molecular formula is C30H35NO6. The number of amides is 1. The van der Waals surface area contributed by atoms with Crippen molar-refractivity contribution >= 4 is 11.9 Å². The molecule has 7 nitrogen and oxygen atoms in total. The number of esters is 1. The van der Waals surface area contributed by atoms with Crippen LogP contribution < -0.4 is 14.2 Å². The third-order valence-electron chi connectivity index (χ3n) is 5.97. The maximum absolute atomic E-state index is 13.0. The van der Waals surface area contributed by atoms with Gasteiger partial charge in [-0.3, -0.25) is 9.59 Å². The van der Waals surface area contributed by atoms with Gasteiger partial charge in [0.2, 0.25) is 6.79 Å². The van der Waals surface area contributed by atoms with Crippen LogP contribution >= 0.6 is 0 Å². The van der Waals surface area contributed by atoms with Crippen molar-refractivity contribution in [2.45, 2.75) is 39.7 Å². The van der Waals surface area contributed by atoms with Gasteiger partial charge in [0.25, 0.3) is 5.91 Å². The number of ether oxygens (including phenoxy) is 4. The van der Waals surface area contributed by atoms with Crippen molar-refractivity contribution < 1.29 is 28.5 Å². The van der Waals surface area contributed by atoms with Crippen molar-refractivity contribution in [3.63, 3.8) is 0 Å². The lowest BCUT2D eigenvalue weighted by molar-refractivity contribution is -0.150. The summed E-state index contributed by atoms with van der Waals surface area (Å²) >= 11 is 0. The maximum Gasteiger partial charge on any atom is 0.303 e. The zero-order valence-corrected chi connectivity index (χ0v) is 21.9. The first-order valence-electron chi connectivity index (χ1n) is 12.5. The van der Waals surface area contributed by atoms with Crippen molar-refractivity contribution in [3.8, 4) is 17.2 Å². The lowest BCUT2D eigenvalue weighted by atomic mass is 9.87. The Morgan fingerprint density at radius 1 is 0.946 bits per heavy atom. The molecule has 37 heavy (non-hydrogen) atoms. The van der Waals surface area contributed by atoms with Crippen molar-refractivity contribution in [1.29, 1.82) is 0 Å². The predicted molar refractivity (Wildman–Crippen MR) is 142 cm³/mol. The fourth-order valence-corrected chi connectivity index (χ4v) is 4.22. The number of carbonyl (C=O) groups excluding carboxylic acids is 2. The highest BCUT2D eigenvalue weighted by Gasteiger charge is 2.24. The molecule has 0 bridgehead atoms. The molecule has 4 rings (SSSR count).